The molecular formula is C21H20ClNO2. The molecule has 128 valence electrons. The molecule has 0 N–H and O–H groups in total. The van der Waals surface area contributed by atoms with E-state index in [1.807, 2.05) is 54.6 Å². The number of ketones is 1. The van der Waals surface area contributed by atoms with Crippen LogP contribution < -0.4 is 4.74 Å². The molecule has 0 amide bonds. The second-order valence-corrected chi connectivity index (χ2v) is 7.01. The van der Waals surface area contributed by atoms with Crippen LogP contribution in [-0.2, 0) is 11.4 Å². The Morgan fingerprint density at radius 2 is 1.80 bits per heavy atom. The summed E-state index contributed by atoms with van der Waals surface area (Å²) in [4.78, 5) is 14.6. The van der Waals surface area contributed by atoms with E-state index < -0.39 is 0 Å². The average Bonchev–Trinajstić information content (AvgIpc) is 2.65. The molecule has 0 aliphatic carbocycles. The third-order valence-electron chi connectivity index (χ3n) is 4.99. The van der Waals surface area contributed by atoms with Gasteiger partial charge in [-0.2, -0.15) is 0 Å². The minimum absolute atomic E-state index is 0.231. The van der Waals surface area contributed by atoms with Crippen molar-refractivity contribution in [3.63, 3.8) is 0 Å². The normalized spacial score (nSPS) is 18.8. The number of hydrogen-bond acceptors (Lipinski definition) is 3. The van der Waals surface area contributed by atoms with Crippen molar-refractivity contribution >= 4 is 23.5 Å². The molecular weight excluding hydrogens is 334 g/mol. The zero-order valence-electron chi connectivity index (χ0n) is 14.0. The molecule has 5 rings (SSSR count). The lowest BCUT2D eigenvalue weighted by molar-refractivity contribution is -0.125. The number of allylic oxidation sites excluding steroid dienone is 1. The Morgan fingerprint density at radius 1 is 1.08 bits per heavy atom. The van der Waals surface area contributed by atoms with Crippen molar-refractivity contribution in [3.8, 4) is 5.75 Å². The first-order valence-corrected chi connectivity index (χ1v) is 9.05. The Morgan fingerprint density at radius 3 is 2.48 bits per heavy atom. The maximum Gasteiger partial charge on any atom is 0.182 e. The number of carbonyl (C=O) groups excluding carboxylic acids is 1. The molecule has 2 aromatic carbocycles. The van der Waals surface area contributed by atoms with Gasteiger partial charge in [-0.15, -0.1) is 0 Å². The highest BCUT2D eigenvalue weighted by Crippen LogP contribution is 2.32. The van der Waals surface area contributed by atoms with Gasteiger partial charge in [0.05, 0.1) is 5.70 Å². The van der Waals surface area contributed by atoms with Crippen molar-refractivity contribution in [2.24, 2.45) is 5.92 Å². The lowest BCUT2D eigenvalue weighted by atomic mass is 9.84. The fourth-order valence-electron chi connectivity index (χ4n) is 3.50. The van der Waals surface area contributed by atoms with Gasteiger partial charge >= 0.3 is 0 Å². The average molecular weight is 354 g/mol. The highest BCUT2D eigenvalue weighted by atomic mass is 35.5. The Hall–Kier alpha value is -2.26. The van der Waals surface area contributed by atoms with Gasteiger partial charge < -0.3 is 9.64 Å². The lowest BCUT2D eigenvalue weighted by Crippen LogP contribution is -2.45. The summed E-state index contributed by atoms with van der Waals surface area (Å²) in [5.74, 6) is 1.32. The second kappa shape index (κ2) is 6.93. The predicted octanol–water partition coefficient (Wildman–Crippen LogP) is 4.55. The van der Waals surface area contributed by atoms with Crippen LogP contribution in [0.3, 0.4) is 0 Å². The maximum absolute atomic E-state index is 12.4. The first-order valence-electron chi connectivity index (χ1n) is 8.68. The van der Waals surface area contributed by atoms with E-state index in [9.17, 15) is 4.79 Å². The van der Waals surface area contributed by atoms with Gasteiger partial charge in [-0.25, -0.2) is 0 Å². The van der Waals surface area contributed by atoms with Crippen molar-refractivity contribution in [2.45, 2.75) is 19.4 Å². The van der Waals surface area contributed by atoms with Gasteiger partial charge in [0.1, 0.15) is 12.4 Å². The molecule has 0 atom stereocenters. The molecule has 2 bridgehead atoms. The van der Waals surface area contributed by atoms with Crippen LogP contribution in [0.4, 0.5) is 0 Å². The number of Topliss-reactive ketones (excluding diaryl/α,β-unsaturated/α-hetero) is 1. The molecule has 3 aliphatic heterocycles. The minimum atomic E-state index is 0.231. The Balaban J connectivity index is 1.45. The fraction of sp³-hybridized carbons (Fsp3) is 0.286. The quantitative estimate of drug-likeness (QED) is 0.755. The SMILES string of the molecule is O=C1/C(=C\c2ccc(OCc3ccccc3Cl)cc2)N2CCC1CC2. The van der Waals surface area contributed by atoms with Crippen LogP contribution in [0, 0.1) is 5.92 Å². The van der Waals surface area contributed by atoms with Gasteiger partial charge in [0, 0.05) is 29.6 Å². The molecule has 3 nitrogen and oxygen atoms in total. The number of hydrogen-bond donors (Lipinski definition) is 0. The van der Waals surface area contributed by atoms with Crippen molar-refractivity contribution in [2.75, 3.05) is 13.1 Å². The number of fused-ring (bicyclic) bond motifs is 3. The number of benzene rings is 2. The number of nitrogens with zero attached hydrogens (tertiary/aromatic N) is 1. The summed E-state index contributed by atoms with van der Waals surface area (Å²) in [5, 5.41) is 0.712. The first kappa shape index (κ1) is 16.2. The smallest absolute Gasteiger partial charge is 0.182 e. The fourth-order valence-corrected chi connectivity index (χ4v) is 3.69. The number of carbonyl (C=O) groups is 1. The van der Waals surface area contributed by atoms with Gasteiger partial charge in [0.15, 0.2) is 5.78 Å². The molecule has 0 spiro atoms. The van der Waals surface area contributed by atoms with Gasteiger partial charge in [-0.3, -0.25) is 4.79 Å². The van der Waals surface area contributed by atoms with E-state index in [-0.39, 0.29) is 5.92 Å². The third kappa shape index (κ3) is 3.42. The first-order chi connectivity index (χ1) is 12.2. The van der Waals surface area contributed by atoms with Crippen molar-refractivity contribution in [3.05, 3.63) is 70.4 Å². The van der Waals surface area contributed by atoms with E-state index >= 15 is 0 Å². The van der Waals surface area contributed by atoms with Gasteiger partial charge in [-0.05, 0) is 42.7 Å². The van der Waals surface area contributed by atoms with Crippen LogP contribution in [0.15, 0.2) is 54.2 Å². The van der Waals surface area contributed by atoms with E-state index in [1.165, 1.54) is 0 Å². The largest absolute Gasteiger partial charge is 0.489 e. The van der Waals surface area contributed by atoms with E-state index in [1.54, 1.807) is 0 Å². The van der Waals surface area contributed by atoms with Crippen LogP contribution >= 0.6 is 11.6 Å². The third-order valence-corrected chi connectivity index (χ3v) is 5.36. The predicted molar refractivity (Wildman–Crippen MR) is 99.5 cm³/mol. The van der Waals surface area contributed by atoms with E-state index in [0.29, 0.717) is 17.4 Å². The topological polar surface area (TPSA) is 29.5 Å². The molecule has 3 saturated heterocycles. The Bertz CT molecular complexity index is 805. The van der Waals surface area contributed by atoms with E-state index in [0.717, 1.165) is 48.5 Å². The summed E-state index contributed by atoms with van der Waals surface area (Å²) >= 11 is 6.14. The lowest BCUT2D eigenvalue weighted by Gasteiger charge is -2.41. The summed E-state index contributed by atoms with van der Waals surface area (Å²) in [6.07, 6.45) is 4.02. The summed E-state index contributed by atoms with van der Waals surface area (Å²) < 4.78 is 5.81. The zero-order valence-corrected chi connectivity index (χ0v) is 14.7. The maximum atomic E-state index is 12.4. The molecule has 3 heterocycles. The molecule has 3 fully saturated rings. The molecule has 4 heteroatoms. The Kier molecular flexibility index (Phi) is 4.50. The number of halogens is 1. The molecule has 0 aromatic heterocycles. The molecule has 3 aliphatic rings. The van der Waals surface area contributed by atoms with Crippen LogP contribution in [-0.4, -0.2) is 23.8 Å². The molecule has 25 heavy (non-hydrogen) atoms. The minimum Gasteiger partial charge on any atom is -0.489 e. The monoisotopic (exact) mass is 353 g/mol. The van der Waals surface area contributed by atoms with Crippen molar-refractivity contribution in [1.82, 2.24) is 4.90 Å². The van der Waals surface area contributed by atoms with Gasteiger partial charge in [-0.1, -0.05) is 41.9 Å². The summed E-state index contributed by atoms with van der Waals surface area (Å²) in [5.41, 5.74) is 2.86. The van der Waals surface area contributed by atoms with Crippen LogP contribution in [0.2, 0.25) is 5.02 Å². The van der Waals surface area contributed by atoms with Crippen LogP contribution in [0.25, 0.3) is 6.08 Å². The summed E-state index contributed by atoms with van der Waals surface area (Å²) in [6.45, 7) is 2.44. The highest BCUT2D eigenvalue weighted by Gasteiger charge is 2.36. The Labute approximate surface area is 152 Å². The van der Waals surface area contributed by atoms with E-state index in [4.69, 9.17) is 16.3 Å². The number of rotatable bonds is 4. The highest BCUT2D eigenvalue weighted by molar-refractivity contribution is 6.31. The number of piperidine rings is 3. The number of ether oxygens (including phenoxy) is 1. The molecule has 2 aromatic rings. The molecule has 0 saturated carbocycles. The van der Waals surface area contributed by atoms with Gasteiger partial charge in [0.25, 0.3) is 0 Å². The van der Waals surface area contributed by atoms with Crippen LogP contribution in [0.1, 0.15) is 24.0 Å². The van der Waals surface area contributed by atoms with Crippen molar-refractivity contribution in [1.29, 1.82) is 0 Å². The zero-order chi connectivity index (χ0) is 17.2. The summed E-state index contributed by atoms with van der Waals surface area (Å²) in [7, 11) is 0. The summed E-state index contributed by atoms with van der Waals surface area (Å²) in [6, 6.07) is 15.5. The molecule has 0 unspecified atom stereocenters. The van der Waals surface area contributed by atoms with Crippen molar-refractivity contribution < 1.29 is 9.53 Å². The molecule has 0 radical (unpaired) electrons. The standard InChI is InChI=1S/C21H20ClNO2/c22-19-4-2-1-3-17(19)14-25-18-7-5-15(6-8-18)13-20-21(24)16-9-11-23(20)12-10-16/h1-8,13,16H,9-12,14H2/b20-13+. The van der Waals surface area contributed by atoms with Gasteiger partial charge in [0.2, 0.25) is 0 Å². The second-order valence-electron chi connectivity index (χ2n) is 6.60. The van der Waals surface area contributed by atoms with E-state index in [2.05, 4.69) is 4.90 Å². The van der Waals surface area contributed by atoms with Crippen LogP contribution in [0.5, 0.6) is 5.75 Å².